The first-order valence-electron chi connectivity index (χ1n) is 3.57. The van der Waals surface area contributed by atoms with Crippen molar-refractivity contribution in [2.24, 2.45) is 11.7 Å². The molecule has 0 aromatic heterocycles. The summed E-state index contributed by atoms with van der Waals surface area (Å²) in [4.78, 5) is 10.8. The molecule has 0 saturated carbocycles. The van der Waals surface area contributed by atoms with Crippen molar-refractivity contribution in [1.82, 2.24) is 0 Å². The Balaban J connectivity index is 3.76. The van der Waals surface area contributed by atoms with E-state index in [1.54, 1.807) is 6.08 Å². The molecule has 0 saturated heterocycles. The van der Waals surface area contributed by atoms with Crippen LogP contribution >= 0.6 is 0 Å². The molecule has 0 rings (SSSR count). The van der Waals surface area contributed by atoms with Gasteiger partial charge >= 0.3 is 5.97 Å². The number of esters is 1. The molecule has 11 heavy (non-hydrogen) atoms. The smallest absolute Gasteiger partial charge is 0.322 e. The molecule has 0 heterocycles. The van der Waals surface area contributed by atoms with Crippen molar-refractivity contribution < 1.29 is 9.53 Å². The van der Waals surface area contributed by atoms with Gasteiger partial charge in [0.15, 0.2) is 0 Å². The molecule has 0 spiro atoms. The van der Waals surface area contributed by atoms with Crippen LogP contribution in [0.3, 0.4) is 0 Å². The van der Waals surface area contributed by atoms with Crippen molar-refractivity contribution in [3.63, 3.8) is 0 Å². The summed E-state index contributed by atoms with van der Waals surface area (Å²) in [6.45, 7) is 5.55. The second kappa shape index (κ2) is 4.91. The number of rotatable bonds is 4. The summed E-state index contributed by atoms with van der Waals surface area (Å²) >= 11 is 0. The molecule has 0 radical (unpaired) electrons. The minimum Gasteiger partial charge on any atom is -0.468 e. The predicted octanol–water partition coefficient (Wildman–Crippen LogP) is 0.699. The zero-order chi connectivity index (χ0) is 8.85. The maximum atomic E-state index is 10.8. The number of hydrogen-bond donors (Lipinski definition) is 1. The highest BCUT2D eigenvalue weighted by molar-refractivity contribution is 5.75. The number of methoxy groups -OCH3 is 1. The average Bonchev–Trinajstić information content (AvgIpc) is 2.02. The third-order valence-corrected chi connectivity index (χ3v) is 1.53. The zero-order valence-corrected chi connectivity index (χ0v) is 7.04. The number of carbonyl (C=O) groups excluding carboxylic acids is 1. The Labute approximate surface area is 67.2 Å². The van der Waals surface area contributed by atoms with E-state index < -0.39 is 6.04 Å². The van der Waals surface area contributed by atoms with Crippen molar-refractivity contribution in [1.29, 1.82) is 0 Å². The maximum Gasteiger partial charge on any atom is 0.322 e. The van der Waals surface area contributed by atoms with Crippen molar-refractivity contribution in [3.05, 3.63) is 12.7 Å². The first-order chi connectivity index (χ1) is 5.11. The molecule has 0 fully saturated rings. The van der Waals surface area contributed by atoms with E-state index in [2.05, 4.69) is 11.3 Å². The van der Waals surface area contributed by atoms with Gasteiger partial charge in [-0.25, -0.2) is 0 Å². The van der Waals surface area contributed by atoms with Gasteiger partial charge in [-0.15, -0.1) is 6.58 Å². The van der Waals surface area contributed by atoms with Gasteiger partial charge in [0.05, 0.1) is 7.11 Å². The third kappa shape index (κ3) is 3.78. The normalized spacial score (nSPS) is 15.2. The SMILES string of the molecule is C=CC(C)CC(N)C(=O)OC. The molecule has 0 amide bonds. The topological polar surface area (TPSA) is 52.3 Å². The monoisotopic (exact) mass is 157 g/mol. The van der Waals surface area contributed by atoms with Crippen LogP contribution in [0.4, 0.5) is 0 Å². The Kier molecular flexibility index (Phi) is 4.54. The van der Waals surface area contributed by atoms with Gasteiger partial charge in [-0.2, -0.15) is 0 Å². The van der Waals surface area contributed by atoms with Crippen LogP contribution in [-0.4, -0.2) is 19.1 Å². The Morgan fingerprint density at radius 1 is 1.82 bits per heavy atom. The first kappa shape index (κ1) is 10.2. The van der Waals surface area contributed by atoms with Gasteiger partial charge in [-0.3, -0.25) is 4.79 Å². The summed E-state index contributed by atoms with van der Waals surface area (Å²) in [5, 5.41) is 0. The summed E-state index contributed by atoms with van der Waals surface area (Å²) < 4.78 is 4.46. The van der Waals surface area contributed by atoms with Crippen LogP contribution < -0.4 is 5.73 Å². The first-order valence-corrected chi connectivity index (χ1v) is 3.57. The minimum atomic E-state index is -0.520. The number of allylic oxidation sites excluding steroid dienone is 1. The number of ether oxygens (including phenoxy) is 1. The van der Waals surface area contributed by atoms with Crippen molar-refractivity contribution in [3.8, 4) is 0 Å². The van der Waals surface area contributed by atoms with Gasteiger partial charge in [0.25, 0.3) is 0 Å². The van der Waals surface area contributed by atoms with Crippen molar-refractivity contribution in [2.45, 2.75) is 19.4 Å². The Bertz CT molecular complexity index is 145. The number of hydrogen-bond acceptors (Lipinski definition) is 3. The number of nitrogens with two attached hydrogens (primary N) is 1. The molecule has 3 nitrogen and oxygen atoms in total. The van der Waals surface area contributed by atoms with E-state index in [1.807, 2.05) is 6.92 Å². The minimum absolute atomic E-state index is 0.254. The Morgan fingerprint density at radius 3 is 2.73 bits per heavy atom. The van der Waals surface area contributed by atoms with Gasteiger partial charge < -0.3 is 10.5 Å². The Hall–Kier alpha value is -0.830. The molecule has 64 valence electrons. The maximum absolute atomic E-state index is 10.8. The van der Waals surface area contributed by atoms with Crippen LogP contribution in [0.15, 0.2) is 12.7 Å². The summed E-state index contributed by atoms with van der Waals surface area (Å²) in [5.41, 5.74) is 5.48. The van der Waals surface area contributed by atoms with E-state index >= 15 is 0 Å². The molecule has 2 unspecified atom stereocenters. The molecule has 0 aliphatic rings. The molecule has 0 aromatic rings. The number of carbonyl (C=O) groups is 1. The summed E-state index contributed by atoms with van der Waals surface area (Å²) in [6.07, 6.45) is 2.36. The molecule has 0 aliphatic carbocycles. The van der Waals surface area contributed by atoms with E-state index in [4.69, 9.17) is 5.73 Å². The largest absolute Gasteiger partial charge is 0.468 e. The molecular formula is C8H15NO2. The molecular weight excluding hydrogens is 142 g/mol. The summed E-state index contributed by atoms with van der Waals surface area (Å²) in [6, 6.07) is -0.520. The fourth-order valence-corrected chi connectivity index (χ4v) is 0.744. The molecule has 2 atom stereocenters. The highest BCUT2D eigenvalue weighted by atomic mass is 16.5. The van der Waals surface area contributed by atoms with Gasteiger partial charge in [-0.05, 0) is 12.3 Å². The fourth-order valence-electron chi connectivity index (χ4n) is 0.744. The lowest BCUT2D eigenvalue weighted by Gasteiger charge is -2.11. The van der Waals surface area contributed by atoms with Crippen LogP contribution in [0.1, 0.15) is 13.3 Å². The summed E-state index contributed by atoms with van der Waals surface area (Å²) in [7, 11) is 1.33. The van der Waals surface area contributed by atoms with Crippen LogP contribution in [0.25, 0.3) is 0 Å². The fraction of sp³-hybridized carbons (Fsp3) is 0.625. The third-order valence-electron chi connectivity index (χ3n) is 1.53. The zero-order valence-electron chi connectivity index (χ0n) is 7.04. The second-order valence-corrected chi connectivity index (χ2v) is 2.58. The lowest BCUT2D eigenvalue weighted by Crippen LogP contribution is -2.32. The highest BCUT2D eigenvalue weighted by Crippen LogP contribution is 2.05. The predicted molar refractivity (Wildman–Crippen MR) is 44.0 cm³/mol. The molecule has 0 aromatic carbocycles. The van der Waals surface area contributed by atoms with Gasteiger partial charge in [0.2, 0.25) is 0 Å². The molecule has 3 heteroatoms. The summed E-state index contributed by atoms with van der Waals surface area (Å²) in [5.74, 6) is -0.109. The van der Waals surface area contributed by atoms with E-state index in [1.165, 1.54) is 7.11 Å². The van der Waals surface area contributed by atoms with Crippen molar-refractivity contribution >= 4 is 5.97 Å². The quantitative estimate of drug-likeness (QED) is 0.482. The highest BCUT2D eigenvalue weighted by Gasteiger charge is 2.14. The van der Waals surface area contributed by atoms with E-state index in [0.29, 0.717) is 6.42 Å². The average molecular weight is 157 g/mol. The van der Waals surface area contributed by atoms with Crippen LogP contribution in [0.5, 0.6) is 0 Å². The standard InChI is InChI=1S/C8H15NO2/c1-4-6(2)5-7(9)8(10)11-3/h4,6-7H,1,5,9H2,2-3H3. The molecule has 0 bridgehead atoms. The second-order valence-electron chi connectivity index (χ2n) is 2.58. The lowest BCUT2D eigenvalue weighted by molar-refractivity contribution is -0.142. The van der Waals surface area contributed by atoms with Gasteiger partial charge in [0.1, 0.15) is 6.04 Å². The van der Waals surface area contributed by atoms with E-state index in [-0.39, 0.29) is 11.9 Å². The van der Waals surface area contributed by atoms with Gasteiger partial charge in [-0.1, -0.05) is 13.0 Å². The van der Waals surface area contributed by atoms with Crippen LogP contribution in [0, 0.1) is 5.92 Å². The van der Waals surface area contributed by atoms with Gasteiger partial charge in [0, 0.05) is 0 Å². The van der Waals surface area contributed by atoms with E-state index in [0.717, 1.165) is 0 Å². The molecule has 2 N–H and O–H groups in total. The van der Waals surface area contributed by atoms with Crippen LogP contribution in [0.2, 0.25) is 0 Å². The van der Waals surface area contributed by atoms with Crippen molar-refractivity contribution in [2.75, 3.05) is 7.11 Å². The Morgan fingerprint density at radius 2 is 2.36 bits per heavy atom. The van der Waals surface area contributed by atoms with Crippen LogP contribution in [-0.2, 0) is 9.53 Å². The van der Waals surface area contributed by atoms with E-state index in [9.17, 15) is 4.79 Å². The molecule has 0 aliphatic heterocycles. The lowest BCUT2D eigenvalue weighted by atomic mass is 10.0.